The van der Waals surface area contributed by atoms with Crippen LogP contribution in [0.3, 0.4) is 0 Å². The molecule has 0 saturated carbocycles. The van der Waals surface area contributed by atoms with Crippen LogP contribution in [-0.4, -0.2) is 91.9 Å². The Hall–Kier alpha value is -3.98. The molecule has 0 bridgehead atoms. The fourth-order valence-electron chi connectivity index (χ4n) is 5.22. The van der Waals surface area contributed by atoms with Crippen LogP contribution in [0.1, 0.15) is 45.7 Å². The quantitative estimate of drug-likeness (QED) is 0.135. The van der Waals surface area contributed by atoms with Crippen molar-refractivity contribution in [2.45, 2.75) is 76.7 Å². The third-order valence-corrected chi connectivity index (χ3v) is 9.66. The van der Waals surface area contributed by atoms with Gasteiger partial charge in [0.1, 0.15) is 35.5 Å². The summed E-state index contributed by atoms with van der Waals surface area (Å²) in [6, 6.07) is 10.8. The highest BCUT2D eigenvalue weighted by Gasteiger charge is 2.59. The van der Waals surface area contributed by atoms with E-state index in [-0.39, 0.29) is 5.75 Å². The van der Waals surface area contributed by atoms with Crippen LogP contribution in [0.25, 0.3) is 12.2 Å². The van der Waals surface area contributed by atoms with E-state index in [2.05, 4.69) is 10.4 Å². The Labute approximate surface area is 291 Å². The van der Waals surface area contributed by atoms with Crippen molar-refractivity contribution in [2.75, 3.05) is 27.9 Å². The van der Waals surface area contributed by atoms with Crippen molar-refractivity contribution in [3.63, 3.8) is 0 Å². The molecule has 0 spiro atoms. The zero-order valence-electron chi connectivity index (χ0n) is 29.2. The Kier molecular flexibility index (Phi) is 12.4. The molecule has 0 radical (unpaired) electrons. The first kappa shape index (κ1) is 38.8. The molecule has 50 heavy (non-hydrogen) atoms. The minimum atomic E-state index is -4.42. The van der Waals surface area contributed by atoms with Gasteiger partial charge in [-0.25, -0.2) is 8.96 Å². The van der Waals surface area contributed by atoms with Gasteiger partial charge in [-0.05, 0) is 63.1 Å². The smallest absolute Gasteiger partial charge is 0.459 e. The van der Waals surface area contributed by atoms with E-state index in [4.69, 9.17) is 32.7 Å². The molecule has 16 heteroatoms. The third-order valence-electron chi connectivity index (χ3n) is 8.02. The summed E-state index contributed by atoms with van der Waals surface area (Å²) in [6.07, 6.45) is 1.13. The van der Waals surface area contributed by atoms with Gasteiger partial charge < -0.3 is 43.5 Å². The Balaban J connectivity index is 1.53. The first-order valence-electron chi connectivity index (χ1n) is 15.8. The maximum atomic E-state index is 16.1. The van der Waals surface area contributed by atoms with Crippen molar-refractivity contribution in [3.05, 3.63) is 65.9 Å². The monoisotopic (exact) mass is 721 g/mol. The number of nitrogens with zero attached hydrogens (tertiary/aromatic N) is 1. The molecule has 1 amide bonds. The lowest BCUT2D eigenvalue weighted by atomic mass is 9.97. The molecule has 7 atom stereocenters. The number of rotatable bonds is 15. The first-order valence-corrected chi connectivity index (χ1v) is 17.4. The van der Waals surface area contributed by atoms with Gasteiger partial charge in [-0.1, -0.05) is 24.3 Å². The van der Waals surface area contributed by atoms with E-state index < -0.39 is 68.3 Å². The zero-order valence-corrected chi connectivity index (χ0v) is 30.1. The Bertz CT molecular complexity index is 1600. The fourth-order valence-corrected chi connectivity index (χ4v) is 6.72. The lowest BCUT2D eigenvalue weighted by molar-refractivity contribution is -0.213. The largest absolute Gasteiger partial charge is 0.497 e. The molecule has 2 aliphatic heterocycles. The molecular weight excluding hydrogens is 676 g/mol. The second-order valence-corrected chi connectivity index (χ2v) is 14.0. The summed E-state index contributed by atoms with van der Waals surface area (Å²) in [5.74, 6) is -1.30. The molecule has 2 heterocycles. The van der Waals surface area contributed by atoms with Crippen molar-refractivity contribution < 1.29 is 56.4 Å². The highest BCUT2D eigenvalue weighted by Crippen LogP contribution is 2.47. The number of nitrogens with one attached hydrogen (secondary N) is 2. The van der Waals surface area contributed by atoms with Crippen molar-refractivity contribution >= 4 is 31.8 Å². The summed E-state index contributed by atoms with van der Waals surface area (Å²) >= 11 is 0. The molecule has 0 aliphatic carbocycles. The number of hydrogen-bond donors (Lipinski definition) is 3. The predicted octanol–water partition coefficient (Wildman–Crippen LogP) is 4.39. The molecule has 274 valence electrons. The van der Waals surface area contributed by atoms with Gasteiger partial charge in [0.2, 0.25) is 11.8 Å². The number of carbonyl (C=O) groups is 2. The second-order valence-electron chi connectivity index (χ2n) is 12.3. The average Bonchev–Trinajstić information content (AvgIpc) is 3.29. The van der Waals surface area contributed by atoms with Gasteiger partial charge in [0.05, 0.1) is 26.9 Å². The van der Waals surface area contributed by atoms with Crippen LogP contribution in [0.2, 0.25) is 0 Å². The lowest BCUT2D eigenvalue weighted by Gasteiger charge is -2.46. The molecule has 2 aromatic carbocycles. The fraction of sp³-hybridized carbons (Fsp3) is 0.471. The molecule has 1 fully saturated rings. The van der Waals surface area contributed by atoms with E-state index in [0.717, 1.165) is 24.1 Å². The molecule has 2 aliphatic rings. The molecule has 2 unspecified atom stereocenters. The maximum Gasteiger partial charge on any atom is 0.459 e. The van der Waals surface area contributed by atoms with Crippen LogP contribution >= 0.6 is 7.75 Å². The van der Waals surface area contributed by atoms with E-state index in [1.807, 2.05) is 24.3 Å². The summed E-state index contributed by atoms with van der Waals surface area (Å²) < 4.78 is 69.0. The number of amides is 1. The van der Waals surface area contributed by atoms with E-state index >= 15 is 4.39 Å². The van der Waals surface area contributed by atoms with E-state index in [9.17, 15) is 19.3 Å². The van der Waals surface area contributed by atoms with Crippen LogP contribution in [0.5, 0.6) is 17.2 Å². The number of ether oxygens (including phenoxy) is 5. The molecule has 2 aromatic rings. The van der Waals surface area contributed by atoms with Gasteiger partial charge in [-0.15, -0.1) is 0 Å². The average molecular weight is 722 g/mol. The summed E-state index contributed by atoms with van der Waals surface area (Å²) in [5.41, 5.74) is -0.799. The van der Waals surface area contributed by atoms with Gasteiger partial charge >= 0.3 is 13.7 Å². The van der Waals surface area contributed by atoms with Gasteiger partial charge in [0.15, 0.2) is 11.9 Å². The standard InChI is InChI=1S/C34H45FN3O11P/c1-21(2)47-31(41)22(3)37-50(42,49-25-13-11-23(12-14-25)9-10-24-17-26(43-6)19-27(18-24)44-7)46-20-28-30(40)33(4,35)32(48-28)38-16-15-29(39)36-34(38,5)45-8/h9-19,21-22,28,30,32,40H,20H2,1-8H3,(H,36,39)(H,37,42)/b10-9+/t22-,28+,30+,32+,33+,34?,50?/m0/s1. The lowest BCUT2D eigenvalue weighted by Crippen LogP contribution is -2.66. The number of aliphatic hydroxyl groups excluding tert-OH is 1. The number of carbonyl (C=O) groups excluding carboxylic acids is 2. The zero-order chi connectivity index (χ0) is 36.9. The maximum absolute atomic E-state index is 16.1. The van der Waals surface area contributed by atoms with Crippen LogP contribution in [0, 0.1) is 0 Å². The topological polar surface area (TPSA) is 163 Å². The highest BCUT2D eigenvalue weighted by atomic mass is 31.2. The number of alkyl halides is 1. The van der Waals surface area contributed by atoms with Crippen LogP contribution in [0.15, 0.2) is 54.7 Å². The van der Waals surface area contributed by atoms with Crippen LogP contribution < -0.4 is 24.4 Å². The molecule has 1 saturated heterocycles. The highest BCUT2D eigenvalue weighted by molar-refractivity contribution is 7.52. The second kappa shape index (κ2) is 15.9. The van der Waals surface area contributed by atoms with E-state index in [0.29, 0.717) is 11.5 Å². The van der Waals surface area contributed by atoms with Crippen LogP contribution in [0.4, 0.5) is 4.39 Å². The van der Waals surface area contributed by atoms with Crippen LogP contribution in [-0.2, 0) is 32.9 Å². The number of halogens is 1. The number of hydrogen-bond acceptors (Lipinski definition) is 12. The minimum Gasteiger partial charge on any atom is -0.497 e. The number of benzene rings is 2. The molecule has 14 nitrogen and oxygen atoms in total. The summed E-state index contributed by atoms with van der Waals surface area (Å²) in [7, 11) is 0.0275. The van der Waals surface area contributed by atoms with Gasteiger partial charge in [-0.2, -0.15) is 5.09 Å². The first-order chi connectivity index (χ1) is 23.5. The SMILES string of the molecule is COc1cc(/C=C/c2ccc(OP(=O)(N[C@@H](C)C(=O)OC(C)C)OC[C@H]3O[C@@H](N4C=CC(=O)NC4(C)OC)[C@](C)(F)[C@@H]3O)cc2)cc(OC)c1. The normalized spacial score (nSPS) is 26.8. The predicted molar refractivity (Wildman–Crippen MR) is 182 cm³/mol. The van der Waals surface area contributed by atoms with Gasteiger partial charge in [0, 0.05) is 32.4 Å². The summed E-state index contributed by atoms with van der Waals surface area (Å²) in [4.78, 5) is 25.9. The van der Waals surface area contributed by atoms with E-state index in [1.165, 1.54) is 32.1 Å². The van der Waals surface area contributed by atoms with Crippen molar-refractivity contribution in [3.8, 4) is 17.2 Å². The molecule has 3 N–H and O–H groups in total. The van der Waals surface area contributed by atoms with Crippen molar-refractivity contribution in [2.24, 2.45) is 0 Å². The molecular formula is C34H45FN3O11P. The minimum absolute atomic E-state index is 0.122. The van der Waals surface area contributed by atoms with Gasteiger partial charge in [0.25, 0.3) is 0 Å². The Morgan fingerprint density at radius 3 is 2.26 bits per heavy atom. The summed E-state index contributed by atoms with van der Waals surface area (Å²) in [6.45, 7) is 6.75. The Morgan fingerprint density at radius 1 is 1.06 bits per heavy atom. The third kappa shape index (κ3) is 9.22. The number of methoxy groups -OCH3 is 3. The Morgan fingerprint density at radius 2 is 1.68 bits per heavy atom. The van der Waals surface area contributed by atoms with Crippen molar-refractivity contribution in [1.82, 2.24) is 15.3 Å². The van der Waals surface area contributed by atoms with Gasteiger partial charge in [-0.3, -0.25) is 14.1 Å². The van der Waals surface area contributed by atoms with Crippen molar-refractivity contribution in [1.29, 1.82) is 0 Å². The van der Waals surface area contributed by atoms with E-state index in [1.54, 1.807) is 58.4 Å². The number of aliphatic hydroxyl groups is 1. The summed E-state index contributed by atoms with van der Waals surface area (Å²) in [5, 5.41) is 16.1. The molecule has 0 aromatic heterocycles. The number of esters is 1. The molecule has 4 rings (SSSR count).